The van der Waals surface area contributed by atoms with Crippen LogP contribution in [-0.2, 0) is 9.59 Å². The molecule has 0 aromatic carbocycles. The first kappa shape index (κ1) is 13.7. The number of amides is 2. The smallest absolute Gasteiger partial charge is 0.239 e. The highest BCUT2D eigenvalue weighted by Gasteiger charge is 2.60. The summed E-state index contributed by atoms with van der Waals surface area (Å²) in [5, 5.41) is 5.15. The first-order valence-corrected chi connectivity index (χ1v) is 5.94. The fourth-order valence-electron chi connectivity index (χ4n) is 2.21. The van der Waals surface area contributed by atoms with Gasteiger partial charge in [0.2, 0.25) is 11.8 Å². The Labute approximate surface area is 103 Å². The van der Waals surface area contributed by atoms with E-state index in [1.165, 1.54) is 5.57 Å². The van der Waals surface area contributed by atoms with E-state index in [1.54, 1.807) is 7.05 Å². The number of hydrogen-bond donors (Lipinski definition) is 2. The van der Waals surface area contributed by atoms with Crippen molar-refractivity contribution in [2.24, 2.45) is 17.3 Å². The molecule has 96 valence electrons. The maximum absolute atomic E-state index is 11.9. The second-order valence-corrected chi connectivity index (χ2v) is 5.46. The number of hydrogen-bond acceptors (Lipinski definition) is 2. The highest BCUT2D eigenvalue weighted by molar-refractivity contribution is 5.88. The molecule has 0 aromatic heterocycles. The van der Waals surface area contributed by atoms with Gasteiger partial charge in [-0.1, -0.05) is 25.5 Å². The van der Waals surface area contributed by atoms with E-state index < -0.39 is 0 Å². The van der Waals surface area contributed by atoms with Gasteiger partial charge in [-0.15, -0.1) is 0 Å². The van der Waals surface area contributed by atoms with Crippen LogP contribution in [-0.4, -0.2) is 25.4 Å². The summed E-state index contributed by atoms with van der Waals surface area (Å²) in [5.74, 6) is 0.0796. The van der Waals surface area contributed by atoms with Crippen LogP contribution in [0.4, 0.5) is 0 Å². The molecule has 0 heterocycles. The van der Waals surface area contributed by atoms with E-state index in [9.17, 15) is 9.59 Å². The summed E-state index contributed by atoms with van der Waals surface area (Å²) >= 11 is 0. The molecule has 0 radical (unpaired) electrons. The van der Waals surface area contributed by atoms with E-state index in [4.69, 9.17) is 0 Å². The molecule has 17 heavy (non-hydrogen) atoms. The fraction of sp³-hybridized carbons (Fsp3) is 0.692. The van der Waals surface area contributed by atoms with Crippen LogP contribution < -0.4 is 10.6 Å². The molecular formula is C13H22N2O2. The molecule has 1 fully saturated rings. The predicted octanol–water partition coefficient (Wildman–Crippen LogP) is 1.09. The lowest BCUT2D eigenvalue weighted by Gasteiger charge is -2.04. The summed E-state index contributed by atoms with van der Waals surface area (Å²) < 4.78 is 0. The number of allylic oxidation sites excluding steroid dienone is 2. The number of rotatable bonds is 4. The van der Waals surface area contributed by atoms with Crippen molar-refractivity contribution in [1.29, 1.82) is 0 Å². The van der Waals surface area contributed by atoms with Crippen molar-refractivity contribution in [3.63, 3.8) is 0 Å². The van der Waals surface area contributed by atoms with Crippen LogP contribution in [0.3, 0.4) is 0 Å². The fourth-order valence-corrected chi connectivity index (χ4v) is 2.21. The Bertz CT molecular complexity index is 354. The van der Waals surface area contributed by atoms with Crippen LogP contribution in [0.15, 0.2) is 11.6 Å². The summed E-state index contributed by atoms with van der Waals surface area (Å²) in [6.07, 6.45) is 2.14. The number of carbonyl (C=O) groups is 2. The second kappa shape index (κ2) is 4.90. The van der Waals surface area contributed by atoms with Crippen molar-refractivity contribution >= 4 is 11.8 Å². The van der Waals surface area contributed by atoms with Gasteiger partial charge in [0.25, 0.3) is 0 Å². The lowest BCUT2D eigenvalue weighted by atomic mass is 10.1. The average Bonchev–Trinajstić information content (AvgIpc) is 2.75. The van der Waals surface area contributed by atoms with Crippen LogP contribution in [0, 0.1) is 17.3 Å². The van der Waals surface area contributed by atoms with Crippen molar-refractivity contribution in [3.05, 3.63) is 11.6 Å². The molecule has 0 bridgehead atoms. The SMILES string of the molecule is CNC(=O)CNC(=O)C1C(C=C(C)C)C1(C)C. The van der Waals surface area contributed by atoms with Crippen molar-refractivity contribution < 1.29 is 9.59 Å². The van der Waals surface area contributed by atoms with Crippen LogP contribution >= 0.6 is 0 Å². The molecule has 0 aliphatic heterocycles. The Morgan fingerprint density at radius 1 is 1.29 bits per heavy atom. The van der Waals surface area contributed by atoms with Gasteiger partial charge in [0, 0.05) is 7.05 Å². The van der Waals surface area contributed by atoms with Crippen LogP contribution in [0.1, 0.15) is 27.7 Å². The summed E-state index contributed by atoms with van der Waals surface area (Å²) in [5.41, 5.74) is 1.23. The summed E-state index contributed by atoms with van der Waals surface area (Å²) in [4.78, 5) is 23.0. The predicted molar refractivity (Wildman–Crippen MR) is 67.3 cm³/mol. The van der Waals surface area contributed by atoms with Crippen molar-refractivity contribution in [2.75, 3.05) is 13.6 Å². The number of nitrogens with one attached hydrogen (secondary N) is 2. The number of carbonyl (C=O) groups excluding carboxylic acids is 2. The zero-order chi connectivity index (χ0) is 13.2. The minimum atomic E-state index is -0.171. The Balaban J connectivity index is 2.54. The lowest BCUT2D eigenvalue weighted by molar-refractivity contribution is -0.127. The monoisotopic (exact) mass is 238 g/mol. The molecule has 4 heteroatoms. The molecular weight excluding hydrogens is 216 g/mol. The molecule has 1 aliphatic rings. The van der Waals surface area contributed by atoms with Gasteiger partial charge in [-0.25, -0.2) is 0 Å². The van der Waals surface area contributed by atoms with Gasteiger partial charge in [-0.2, -0.15) is 0 Å². The molecule has 1 rings (SSSR count). The number of likely N-dealkylation sites (N-methyl/N-ethyl adjacent to an activating group) is 1. The average molecular weight is 238 g/mol. The molecule has 0 spiro atoms. The van der Waals surface area contributed by atoms with Gasteiger partial charge >= 0.3 is 0 Å². The normalized spacial score (nSPS) is 24.8. The first-order chi connectivity index (χ1) is 7.80. The van der Waals surface area contributed by atoms with E-state index in [0.29, 0.717) is 0 Å². The van der Waals surface area contributed by atoms with Crippen molar-refractivity contribution in [1.82, 2.24) is 10.6 Å². The third-order valence-corrected chi connectivity index (χ3v) is 3.41. The molecule has 0 saturated heterocycles. The van der Waals surface area contributed by atoms with Crippen LogP contribution in [0.25, 0.3) is 0 Å². The quantitative estimate of drug-likeness (QED) is 0.720. The Hall–Kier alpha value is -1.32. The van der Waals surface area contributed by atoms with Gasteiger partial charge < -0.3 is 10.6 Å². The third kappa shape index (κ3) is 3.08. The standard InChI is InChI=1S/C13H22N2O2/c1-8(2)6-9-11(13(9,3)4)12(17)15-7-10(16)14-5/h6,9,11H,7H2,1-5H3,(H,14,16)(H,15,17). The Kier molecular flexibility index (Phi) is 3.96. The van der Waals surface area contributed by atoms with E-state index >= 15 is 0 Å². The van der Waals surface area contributed by atoms with Gasteiger partial charge in [0.1, 0.15) is 0 Å². The first-order valence-electron chi connectivity index (χ1n) is 5.94. The van der Waals surface area contributed by atoms with Crippen LogP contribution in [0.2, 0.25) is 0 Å². The highest BCUT2D eigenvalue weighted by atomic mass is 16.2. The molecule has 2 atom stereocenters. The Morgan fingerprint density at radius 2 is 1.88 bits per heavy atom. The molecule has 1 saturated carbocycles. The molecule has 4 nitrogen and oxygen atoms in total. The van der Waals surface area contributed by atoms with Crippen LogP contribution in [0.5, 0.6) is 0 Å². The van der Waals surface area contributed by atoms with Gasteiger partial charge in [-0.3, -0.25) is 9.59 Å². The highest BCUT2D eigenvalue weighted by Crippen LogP contribution is 2.59. The van der Waals surface area contributed by atoms with Crippen molar-refractivity contribution in [3.8, 4) is 0 Å². The molecule has 2 N–H and O–H groups in total. The summed E-state index contributed by atoms with van der Waals surface area (Å²) in [6, 6.07) is 0. The van der Waals surface area contributed by atoms with Gasteiger partial charge in [-0.05, 0) is 25.2 Å². The second-order valence-electron chi connectivity index (χ2n) is 5.46. The Morgan fingerprint density at radius 3 is 2.35 bits per heavy atom. The van der Waals surface area contributed by atoms with Gasteiger partial charge in [0.05, 0.1) is 12.5 Å². The maximum Gasteiger partial charge on any atom is 0.239 e. The minimum absolute atomic E-state index is 0.00401. The molecule has 2 amide bonds. The zero-order valence-corrected chi connectivity index (χ0v) is 11.3. The van der Waals surface area contributed by atoms with E-state index in [1.807, 2.05) is 13.8 Å². The van der Waals surface area contributed by atoms with E-state index in [-0.39, 0.29) is 35.6 Å². The lowest BCUT2D eigenvalue weighted by Crippen LogP contribution is -2.36. The summed E-state index contributed by atoms with van der Waals surface area (Å²) in [7, 11) is 1.56. The zero-order valence-electron chi connectivity index (χ0n) is 11.3. The third-order valence-electron chi connectivity index (χ3n) is 3.41. The minimum Gasteiger partial charge on any atom is -0.358 e. The molecule has 0 aromatic rings. The van der Waals surface area contributed by atoms with Crippen molar-refractivity contribution in [2.45, 2.75) is 27.7 Å². The summed E-state index contributed by atoms with van der Waals surface area (Å²) in [6.45, 7) is 8.30. The van der Waals surface area contributed by atoms with Gasteiger partial charge in [0.15, 0.2) is 0 Å². The van der Waals surface area contributed by atoms with E-state index in [2.05, 4.69) is 30.6 Å². The van der Waals surface area contributed by atoms with E-state index in [0.717, 1.165) is 0 Å². The maximum atomic E-state index is 11.9. The molecule has 2 unspecified atom stereocenters. The topological polar surface area (TPSA) is 58.2 Å². The molecule has 1 aliphatic carbocycles. The largest absolute Gasteiger partial charge is 0.358 e.